The Morgan fingerprint density at radius 2 is 1.66 bits per heavy atom. The Labute approximate surface area is 187 Å². The third-order valence-corrected chi connectivity index (χ3v) is 5.47. The second-order valence-corrected chi connectivity index (χ2v) is 7.41. The van der Waals surface area contributed by atoms with Crippen molar-refractivity contribution in [1.82, 2.24) is 4.90 Å². The van der Waals surface area contributed by atoms with Gasteiger partial charge in [-0.2, -0.15) is 0 Å². The first-order chi connectivity index (χ1) is 15.7. The minimum Gasteiger partial charge on any atom is -0.496 e. The topological polar surface area (TPSA) is 67.9 Å². The molecule has 32 heavy (non-hydrogen) atoms. The summed E-state index contributed by atoms with van der Waals surface area (Å²) in [4.78, 5) is 28.1. The van der Waals surface area contributed by atoms with Crippen LogP contribution >= 0.6 is 0 Å². The number of hydrogen-bond donors (Lipinski definition) is 1. The van der Waals surface area contributed by atoms with Gasteiger partial charge in [-0.25, -0.2) is 0 Å². The Bertz CT molecular complexity index is 1180. The zero-order chi connectivity index (χ0) is 22.5. The van der Waals surface area contributed by atoms with Gasteiger partial charge in [-0.3, -0.25) is 14.5 Å². The molecule has 0 unspecified atom stereocenters. The number of fused-ring (bicyclic) bond motifs is 1. The highest BCUT2D eigenvalue weighted by Gasteiger charge is 2.40. The molecule has 0 radical (unpaired) electrons. The number of imide groups is 1. The predicted molar refractivity (Wildman–Crippen MR) is 125 cm³/mol. The first-order valence-electron chi connectivity index (χ1n) is 10.7. The van der Waals surface area contributed by atoms with Gasteiger partial charge < -0.3 is 14.8 Å². The van der Waals surface area contributed by atoms with Gasteiger partial charge in [0.2, 0.25) is 0 Å². The van der Waals surface area contributed by atoms with Crippen LogP contribution in [0.25, 0.3) is 16.3 Å². The summed E-state index contributed by atoms with van der Waals surface area (Å²) in [5.74, 6) is -0.142. The van der Waals surface area contributed by atoms with Gasteiger partial charge in [0.15, 0.2) is 0 Å². The van der Waals surface area contributed by atoms with E-state index in [1.807, 2.05) is 61.5 Å². The molecular weight excluding hydrogens is 404 g/mol. The summed E-state index contributed by atoms with van der Waals surface area (Å²) >= 11 is 0. The number of benzene rings is 3. The van der Waals surface area contributed by atoms with Crippen LogP contribution in [0.3, 0.4) is 0 Å². The normalized spacial score (nSPS) is 13.9. The molecule has 0 saturated heterocycles. The lowest BCUT2D eigenvalue weighted by atomic mass is 10.0. The smallest absolute Gasteiger partial charge is 0.278 e. The quantitative estimate of drug-likeness (QED) is 0.401. The van der Waals surface area contributed by atoms with Crippen molar-refractivity contribution in [3.05, 3.63) is 78.0 Å². The van der Waals surface area contributed by atoms with E-state index in [9.17, 15) is 9.59 Å². The van der Waals surface area contributed by atoms with Crippen molar-refractivity contribution in [3.63, 3.8) is 0 Å². The number of amides is 2. The fourth-order valence-electron chi connectivity index (χ4n) is 3.93. The molecule has 4 rings (SSSR count). The fourth-order valence-corrected chi connectivity index (χ4v) is 3.93. The van der Waals surface area contributed by atoms with Gasteiger partial charge in [0.25, 0.3) is 11.8 Å². The van der Waals surface area contributed by atoms with Crippen molar-refractivity contribution in [2.45, 2.75) is 13.3 Å². The molecule has 1 aliphatic heterocycles. The number of methoxy groups -OCH3 is 1. The Hall–Kier alpha value is -3.64. The van der Waals surface area contributed by atoms with Crippen LogP contribution in [0.1, 0.15) is 18.9 Å². The Kier molecular flexibility index (Phi) is 6.52. The van der Waals surface area contributed by atoms with Crippen LogP contribution in [0.15, 0.2) is 72.4 Å². The van der Waals surface area contributed by atoms with Crippen LogP contribution in [0.4, 0.5) is 5.69 Å². The molecular formula is C26H26N2O4. The van der Waals surface area contributed by atoms with E-state index < -0.39 is 0 Å². The molecule has 6 heteroatoms. The lowest BCUT2D eigenvalue weighted by Gasteiger charge is -2.15. The SMILES string of the molecule is CCOCCCN1C(=O)C(Nc2cccc3ccccc23)=C(c2ccccc2OC)C1=O. The minimum absolute atomic E-state index is 0.257. The van der Waals surface area contributed by atoms with E-state index in [2.05, 4.69) is 5.32 Å². The molecule has 164 valence electrons. The molecule has 2 amide bonds. The summed E-state index contributed by atoms with van der Waals surface area (Å²) in [6.45, 7) is 3.29. The lowest BCUT2D eigenvalue weighted by molar-refractivity contribution is -0.137. The highest BCUT2D eigenvalue weighted by Crippen LogP contribution is 2.36. The Morgan fingerprint density at radius 3 is 2.47 bits per heavy atom. The summed E-state index contributed by atoms with van der Waals surface area (Å²) < 4.78 is 10.9. The van der Waals surface area contributed by atoms with Crippen LogP contribution in [0.2, 0.25) is 0 Å². The van der Waals surface area contributed by atoms with Crippen LogP contribution in [0, 0.1) is 0 Å². The predicted octanol–water partition coefficient (Wildman–Crippen LogP) is 4.47. The highest BCUT2D eigenvalue weighted by molar-refractivity contribution is 6.37. The summed E-state index contributed by atoms with van der Waals surface area (Å²) in [6.07, 6.45) is 0.575. The molecule has 0 aliphatic carbocycles. The van der Waals surface area contributed by atoms with Crippen LogP contribution < -0.4 is 10.1 Å². The van der Waals surface area contributed by atoms with Crippen molar-refractivity contribution in [2.24, 2.45) is 0 Å². The average Bonchev–Trinajstić information content (AvgIpc) is 3.06. The molecule has 6 nitrogen and oxygen atoms in total. The first kappa shape index (κ1) is 21.6. The second kappa shape index (κ2) is 9.66. The summed E-state index contributed by atoms with van der Waals surface area (Å²) in [5, 5.41) is 5.29. The van der Waals surface area contributed by atoms with E-state index in [1.54, 1.807) is 19.2 Å². The monoisotopic (exact) mass is 430 g/mol. The standard InChI is InChI=1S/C26H26N2O4/c1-3-32-17-9-16-28-25(29)23(20-13-6-7-15-22(20)31-2)24(26(28)30)27-21-14-8-11-18-10-4-5-12-19(18)21/h4-8,10-15,27H,3,9,16-17H2,1-2H3. The zero-order valence-corrected chi connectivity index (χ0v) is 18.3. The van der Waals surface area contributed by atoms with E-state index in [4.69, 9.17) is 9.47 Å². The molecule has 0 aromatic heterocycles. The maximum absolute atomic E-state index is 13.4. The van der Waals surface area contributed by atoms with E-state index in [-0.39, 0.29) is 24.1 Å². The molecule has 0 bridgehead atoms. The number of ether oxygens (including phenoxy) is 2. The van der Waals surface area contributed by atoms with Crippen molar-refractivity contribution < 1.29 is 19.1 Å². The number of anilines is 1. The molecule has 1 N–H and O–H groups in total. The molecule has 0 saturated carbocycles. The maximum atomic E-state index is 13.4. The number of nitrogens with zero attached hydrogens (tertiary/aromatic N) is 1. The van der Waals surface area contributed by atoms with Crippen LogP contribution in [-0.2, 0) is 14.3 Å². The number of para-hydroxylation sites is 1. The molecule has 0 atom stereocenters. The highest BCUT2D eigenvalue weighted by atomic mass is 16.5. The van der Waals surface area contributed by atoms with Crippen LogP contribution in [0.5, 0.6) is 5.75 Å². The molecule has 0 fully saturated rings. The van der Waals surface area contributed by atoms with Gasteiger partial charge in [-0.05, 0) is 30.9 Å². The number of nitrogens with one attached hydrogen (secondary N) is 1. The zero-order valence-electron chi connectivity index (χ0n) is 18.3. The second-order valence-electron chi connectivity index (χ2n) is 7.41. The number of hydrogen-bond acceptors (Lipinski definition) is 5. The summed E-state index contributed by atoms with van der Waals surface area (Å²) in [6, 6.07) is 21.0. The third kappa shape index (κ3) is 4.09. The summed E-state index contributed by atoms with van der Waals surface area (Å²) in [7, 11) is 1.55. The molecule has 1 aliphatic rings. The van der Waals surface area contributed by atoms with E-state index in [1.165, 1.54) is 4.90 Å². The lowest BCUT2D eigenvalue weighted by Crippen LogP contribution is -2.34. The van der Waals surface area contributed by atoms with E-state index >= 15 is 0 Å². The first-order valence-corrected chi connectivity index (χ1v) is 10.7. The van der Waals surface area contributed by atoms with Gasteiger partial charge in [0.1, 0.15) is 11.4 Å². The fraction of sp³-hybridized carbons (Fsp3) is 0.231. The maximum Gasteiger partial charge on any atom is 0.278 e. The van der Waals surface area contributed by atoms with Crippen molar-refractivity contribution >= 4 is 33.8 Å². The van der Waals surface area contributed by atoms with E-state index in [0.717, 1.165) is 16.5 Å². The Morgan fingerprint density at radius 1 is 0.906 bits per heavy atom. The van der Waals surface area contributed by atoms with Gasteiger partial charge >= 0.3 is 0 Å². The average molecular weight is 431 g/mol. The molecule has 1 heterocycles. The van der Waals surface area contributed by atoms with Gasteiger partial charge in [-0.1, -0.05) is 54.6 Å². The van der Waals surface area contributed by atoms with Crippen molar-refractivity contribution in [1.29, 1.82) is 0 Å². The van der Waals surface area contributed by atoms with Crippen LogP contribution in [-0.4, -0.2) is 43.6 Å². The molecule has 3 aromatic rings. The Balaban J connectivity index is 1.77. The number of carbonyl (C=O) groups excluding carboxylic acids is 2. The minimum atomic E-state index is -0.347. The molecule has 0 spiro atoms. The van der Waals surface area contributed by atoms with Gasteiger partial charge in [0.05, 0.1) is 12.7 Å². The van der Waals surface area contributed by atoms with Crippen molar-refractivity contribution in [3.8, 4) is 5.75 Å². The van der Waals surface area contributed by atoms with E-state index in [0.29, 0.717) is 36.5 Å². The summed E-state index contributed by atoms with van der Waals surface area (Å²) in [5.41, 5.74) is 1.93. The van der Waals surface area contributed by atoms with Crippen molar-refractivity contribution in [2.75, 3.05) is 32.2 Å². The van der Waals surface area contributed by atoms with Gasteiger partial charge in [0, 0.05) is 36.4 Å². The largest absolute Gasteiger partial charge is 0.496 e. The third-order valence-electron chi connectivity index (χ3n) is 5.47. The molecule has 3 aromatic carbocycles. The number of rotatable bonds is 9. The van der Waals surface area contributed by atoms with Gasteiger partial charge in [-0.15, -0.1) is 0 Å². The number of carbonyl (C=O) groups is 2.